The molecule has 0 atom stereocenters. The SMILES string of the molecule is c1ccc(-c2cc(-c3ccccc3)nc(-n3c4c(c5c6ccccc6ccc53)CCc3sc5cc6ccccc6cc5c3-4)n2)cc1. The minimum Gasteiger partial charge on any atom is -0.278 e. The quantitative estimate of drug-likeness (QED) is 0.201. The van der Waals surface area contributed by atoms with Crippen molar-refractivity contribution in [3.05, 3.63) is 150 Å². The lowest BCUT2D eigenvalue weighted by molar-refractivity contribution is 0.926. The molecule has 9 aromatic rings. The van der Waals surface area contributed by atoms with E-state index in [0.717, 1.165) is 40.9 Å². The van der Waals surface area contributed by atoms with Crippen molar-refractivity contribution in [2.45, 2.75) is 12.8 Å². The molecule has 6 aromatic carbocycles. The van der Waals surface area contributed by atoms with Crippen LogP contribution >= 0.6 is 11.3 Å². The van der Waals surface area contributed by atoms with Gasteiger partial charge in [0.05, 0.1) is 22.6 Å². The summed E-state index contributed by atoms with van der Waals surface area (Å²) in [5.74, 6) is 0.703. The molecule has 1 aliphatic carbocycles. The molecular weight excluding hydrogens is 579 g/mol. The largest absolute Gasteiger partial charge is 0.278 e. The number of fused-ring (bicyclic) bond motifs is 10. The zero-order chi connectivity index (χ0) is 30.2. The van der Waals surface area contributed by atoms with E-state index >= 15 is 0 Å². The van der Waals surface area contributed by atoms with E-state index in [4.69, 9.17) is 9.97 Å². The van der Waals surface area contributed by atoms with Crippen molar-refractivity contribution in [1.29, 1.82) is 0 Å². The highest BCUT2D eigenvalue weighted by Gasteiger charge is 2.30. The Balaban J connectivity index is 1.35. The van der Waals surface area contributed by atoms with Crippen molar-refractivity contribution >= 4 is 53.9 Å². The number of rotatable bonds is 3. The van der Waals surface area contributed by atoms with Crippen LogP contribution < -0.4 is 0 Å². The van der Waals surface area contributed by atoms with E-state index < -0.39 is 0 Å². The van der Waals surface area contributed by atoms with Crippen molar-refractivity contribution in [3.63, 3.8) is 0 Å². The summed E-state index contributed by atoms with van der Waals surface area (Å²) < 4.78 is 3.71. The van der Waals surface area contributed by atoms with Crippen LogP contribution in [0, 0.1) is 0 Å². The molecule has 0 aliphatic heterocycles. The van der Waals surface area contributed by atoms with Gasteiger partial charge in [-0.2, -0.15) is 0 Å². The van der Waals surface area contributed by atoms with E-state index in [2.05, 4.69) is 144 Å². The van der Waals surface area contributed by atoms with E-state index in [1.165, 1.54) is 58.7 Å². The van der Waals surface area contributed by atoms with E-state index in [0.29, 0.717) is 5.95 Å². The van der Waals surface area contributed by atoms with Gasteiger partial charge in [-0.05, 0) is 64.2 Å². The Kier molecular flexibility index (Phi) is 5.57. The Hall–Kier alpha value is -5.58. The second-order valence-electron chi connectivity index (χ2n) is 12.1. The van der Waals surface area contributed by atoms with Gasteiger partial charge in [-0.25, -0.2) is 9.97 Å². The van der Waals surface area contributed by atoms with Gasteiger partial charge in [0, 0.05) is 37.0 Å². The highest BCUT2D eigenvalue weighted by Crippen LogP contribution is 2.50. The Morgan fingerprint density at radius 2 is 1.17 bits per heavy atom. The Labute approximate surface area is 270 Å². The van der Waals surface area contributed by atoms with Gasteiger partial charge in [-0.15, -0.1) is 11.3 Å². The molecule has 0 amide bonds. The minimum atomic E-state index is 0.703. The maximum Gasteiger partial charge on any atom is 0.235 e. The predicted octanol–water partition coefficient (Wildman–Crippen LogP) is 11.0. The number of hydrogen-bond acceptors (Lipinski definition) is 3. The molecule has 0 saturated carbocycles. The number of benzene rings is 6. The summed E-state index contributed by atoms with van der Waals surface area (Å²) in [5.41, 5.74) is 9.10. The molecule has 0 radical (unpaired) electrons. The number of thiophene rings is 1. The molecule has 0 spiro atoms. The second kappa shape index (κ2) is 9.96. The molecule has 0 N–H and O–H groups in total. The fourth-order valence-electron chi connectivity index (χ4n) is 7.41. The van der Waals surface area contributed by atoms with E-state index in [9.17, 15) is 0 Å². The second-order valence-corrected chi connectivity index (χ2v) is 13.2. The van der Waals surface area contributed by atoms with E-state index in [1.54, 1.807) is 0 Å². The first-order valence-electron chi connectivity index (χ1n) is 15.8. The summed E-state index contributed by atoms with van der Waals surface area (Å²) in [4.78, 5) is 12.1. The van der Waals surface area contributed by atoms with Gasteiger partial charge in [0.1, 0.15) is 0 Å². The molecule has 3 heterocycles. The van der Waals surface area contributed by atoms with Gasteiger partial charge in [0.2, 0.25) is 5.95 Å². The summed E-state index contributed by atoms with van der Waals surface area (Å²) in [6.07, 6.45) is 2.01. The topological polar surface area (TPSA) is 30.7 Å². The average Bonchev–Trinajstić information content (AvgIpc) is 3.66. The smallest absolute Gasteiger partial charge is 0.235 e. The summed E-state index contributed by atoms with van der Waals surface area (Å²) in [6, 6.07) is 49.8. The lowest BCUT2D eigenvalue weighted by Gasteiger charge is -2.18. The lowest BCUT2D eigenvalue weighted by atomic mass is 9.90. The maximum absolute atomic E-state index is 5.35. The zero-order valence-corrected chi connectivity index (χ0v) is 25.8. The minimum absolute atomic E-state index is 0.703. The summed E-state index contributed by atoms with van der Waals surface area (Å²) in [7, 11) is 0. The third-order valence-corrected chi connectivity index (χ3v) is 10.7. The van der Waals surface area contributed by atoms with Crippen LogP contribution in [0.2, 0.25) is 0 Å². The molecule has 0 saturated heterocycles. The summed E-state index contributed by atoms with van der Waals surface area (Å²) in [6.45, 7) is 0. The average molecular weight is 606 g/mol. The van der Waals surface area contributed by atoms with Crippen LogP contribution in [0.15, 0.2) is 140 Å². The van der Waals surface area contributed by atoms with Crippen LogP contribution in [-0.2, 0) is 12.8 Å². The molecule has 3 aromatic heterocycles. The van der Waals surface area contributed by atoms with Gasteiger partial charge in [0.15, 0.2) is 0 Å². The molecule has 46 heavy (non-hydrogen) atoms. The maximum atomic E-state index is 5.35. The normalized spacial score (nSPS) is 12.6. The van der Waals surface area contributed by atoms with Crippen LogP contribution in [0.1, 0.15) is 10.4 Å². The predicted molar refractivity (Wildman–Crippen MR) is 193 cm³/mol. The first-order chi connectivity index (χ1) is 22.8. The van der Waals surface area contributed by atoms with Crippen molar-refractivity contribution in [2.24, 2.45) is 0 Å². The number of hydrogen-bond donors (Lipinski definition) is 0. The molecule has 0 bridgehead atoms. The van der Waals surface area contributed by atoms with Gasteiger partial charge in [-0.1, -0.05) is 115 Å². The van der Waals surface area contributed by atoms with Crippen molar-refractivity contribution in [1.82, 2.24) is 14.5 Å². The standard InChI is InChI=1S/C42H27N3S/c1-3-12-27(13-4-1)34-25-35(28-14-5-2-6-15-28)44-42(43-34)45-36-21-19-26-11-9-10-18-31(26)39(36)32-20-22-37-40(41(32)45)33-23-29-16-7-8-17-30(29)24-38(33)46-37/h1-19,21,23-25H,20,22H2. The van der Waals surface area contributed by atoms with E-state index in [-0.39, 0.29) is 0 Å². The zero-order valence-electron chi connectivity index (χ0n) is 24.9. The van der Waals surface area contributed by atoms with Gasteiger partial charge in [-0.3, -0.25) is 4.57 Å². The van der Waals surface area contributed by atoms with Crippen LogP contribution in [0.4, 0.5) is 0 Å². The molecule has 4 heteroatoms. The lowest BCUT2D eigenvalue weighted by Crippen LogP contribution is -2.08. The van der Waals surface area contributed by atoms with Gasteiger partial charge < -0.3 is 0 Å². The molecular formula is C42H27N3S. The van der Waals surface area contributed by atoms with Crippen LogP contribution in [-0.4, -0.2) is 14.5 Å². The Bertz CT molecular complexity index is 2570. The van der Waals surface area contributed by atoms with Crippen molar-refractivity contribution < 1.29 is 0 Å². The highest BCUT2D eigenvalue weighted by molar-refractivity contribution is 7.19. The molecule has 1 aliphatic rings. The number of nitrogens with zero attached hydrogens (tertiary/aromatic N) is 3. The van der Waals surface area contributed by atoms with Gasteiger partial charge >= 0.3 is 0 Å². The first-order valence-corrected chi connectivity index (χ1v) is 16.6. The third-order valence-electron chi connectivity index (χ3n) is 9.48. The Morgan fingerprint density at radius 3 is 1.89 bits per heavy atom. The molecule has 3 nitrogen and oxygen atoms in total. The van der Waals surface area contributed by atoms with E-state index in [1.807, 2.05) is 11.3 Å². The third kappa shape index (κ3) is 3.84. The molecule has 0 unspecified atom stereocenters. The number of aromatic nitrogens is 3. The molecule has 0 fully saturated rings. The number of aryl methyl sites for hydroxylation is 2. The monoisotopic (exact) mass is 605 g/mol. The summed E-state index contributed by atoms with van der Waals surface area (Å²) >= 11 is 1.94. The first kappa shape index (κ1) is 25.7. The van der Waals surface area contributed by atoms with Crippen LogP contribution in [0.3, 0.4) is 0 Å². The van der Waals surface area contributed by atoms with Crippen molar-refractivity contribution in [2.75, 3.05) is 0 Å². The van der Waals surface area contributed by atoms with Crippen molar-refractivity contribution in [3.8, 4) is 39.7 Å². The van der Waals surface area contributed by atoms with Crippen LogP contribution in [0.5, 0.6) is 0 Å². The fourth-order valence-corrected chi connectivity index (χ4v) is 8.64. The van der Waals surface area contributed by atoms with Gasteiger partial charge in [0.25, 0.3) is 0 Å². The molecule has 216 valence electrons. The summed E-state index contributed by atoms with van der Waals surface area (Å²) in [5, 5.41) is 7.72. The van der Waals surface area contributed by atoms with Crippen LogP contribution in [0.25, 0.3) is 82.3 Å². The fraction of sp³-hybridized carbons (Fsp3) is 0.0476. The highest BCUT2D eigenvalue weighted by atomic mass is 32.1. The Morgan fingerprint density at radius 1 is 0.543 bits per heavy atom. The molecule has 10 rings (SSSR count).